The fourth-order valence-electron chi connectivity index (χ4n) is 3.90. The van der Waals surface area contributed by atoms with Gasteiger partial charge in [0, 0.05) is 17.5 Å². The van der Waals surface area contributed by atoms with E-state index in [1.807, 2.05) is 6.92 Å². The number of hydrogen-bond donors (Lipinski definition) is 2. The molecule has 1 unspecified atom stereocenters. The number of ether oxygens (including phenoxy) is 2. The van der Waals surface area contributed by atoms with Crippen LogP contribution in [0.1, 0.15) is 31.0 Å². The number of aromatic nitrogens is 1. The summed E-state index contributed by atoms with van der Waals surface area (Å²) in [7, 11) is 1.37. The number of nitro benzene ring substituents is 1. The number of rotatable bonds is 14. The van der Waals surface area contributed by atoms with Gasteiger partial charge in [0.2, 0.25) is 6.41 Å². The predicted octanol–water partition coefficient (Wildman–Crippen LogP) is 2.14. The van der Waals surface area contributed by atoms with E-state index in [1.54, 1.807) is 0 Å². The van der Waals surface area contributed by atoms with Crippen molar-refractivity contribution in [1.82, 2.24) is 15.2 Å². The number of fused-ring (bicyclic) bond motifs is 1. The van der Waals surface area contributed by atoms with Gasteiger partial charge in [-0.15, -0.1) is 23.1 Å². The third-order valence-electron chi connectivity index (χ3n) is 6.07. The molecule has 0 spiro atoms. The molecule has 0 saturated carbocycles. The van der Waals surface area contributed by atoms with Gasteiger partial charge in [0.05, 0.1) is 17.8 Å². The van der Waals surface area contributed by atoms with Crippen molar-refractivity contribution in [3.8, 4) is 0 Å². The third-order valence-corrected chi connectivity index (χ3v) is 8.09. The van der Waals surface area contributed by atoms with Crippen molar-refractivity contribution < 1.29 is 38.4 Å². The summed E-state index contributed by atoms with van der Waals surface area (Å²) in [5.41, 5.74) is 0.297. The van der Waals surface area contributed by atoms with E-state index in [0.29, 0.717) is 18.4 Å². The number of thioether (sulfide) groups is 1. The van der Waals surface area contributed by atoms with Gasteiger partial charge in [0.25, 0.3) is 17.5 Å². The van der Waals surface area contributed by atoms with Crippen LogP contribution in [0.4, 0.5) is 10.8 Å². The first-order chi connectivity index (χ1) is 20.3. The summed E-state index contributed by atoms with van der Waals surface area (Å²) in [5, 5.41) is 21.0. The SMILES string of the molecule is CCCCO/N=C(\C(=O)NC1C(=O)N2C(C(=O)OCc3ccc([N+](=O)[O-])cc3)=C(OC)CS[C@H]12)c1csc(NC=O)n1. The maximum absolute atomic E-state index is 13.3. The molecule has 17 heteroatoms. The number of nitro groups is 1. The van der Waals surface area contributed by atoms with Crippen LogP contribution in [0.5, 0.6) is 0 Å². The molecule has 3 amide bonds. The highest BCUT2D eigenvalue weighted by Crippen LogP contribution is 2.41. The largest absolute Gasteiger partial charge is 0.498 e. The Balaban J connectivity index is 1.46. The highest BCUT2D eigenvalue weighted by atomic mass is 32.2. The minimum atomic E-state index is -0.995. The van der Waals surface area contributed by atoms with Crippen LogP contribution >= 0.6 is 23.1 Å². The molecule has 2 atom stereocenters. The quantitative estimate of drug-likeness (QED) is 0.0600. The van der Waals surface area contributed by atoms with E-state index < -0.39 is 34.1 Å². The molecule has 222 valence electrons. The van der Waals surface area contributed by atoms with E-state index in [9.17, 15) is 29.3 Å². The van der Waals surface area contributed by atoms with Crippen LogP contribution in [0.15, 0.2) is 46.3 Å². The molecule has 0 radical (unpaired) electrons. The second kappa shape index (κ2) is 13.9. The van der Waals surface area contributed by atoms with Gasteiger partial charge in [-0.2, -0.15) is 0 Å². The molecular weight excluding hydrogens is 592 g/mol. The molecule has 1 fully saturated rings. The Hall–Kier alpha value is -4.51. The summed E-state index contributed by atoms with van der Waals surface area (Å²) in [6, 6.07) is 4.51. The van der Waals surface area contributed by atoms with Gasteiger partial charge >= 0.3 is 5.97 Å². The molecule has 2 aromatic rings. The van der Waals surface area contributed by atoms with E-state index >= 15 is 0 Å². The summed E-state index contributed by atoms with van der Waals surface area (Å²) in [6.07, 6.45) is 2.01. The van der Waals surface area contributed by atoms with Crippen molar-refractivity contribution in [2.75, 3.05) is 24.8 Å². The Labute approximate surface area is 247 Å². The number of β-lactam (4-membered cyclic amide) rings is 1. The lowest BCUT2D eigenvalue weighted by Crippen LogP contribution is -2.71. The number of unbranched alkanes of at least 4 members (excludes halogenated alkanes) is 1. The zero-order valence-electron chi connectivity index (χ0n) is 22.4. The molecule has 4 rings (SSSR count). The first-order valence-electron chi connectivity index (χ1n) is 12.6. The van der Waals surface area contributed by atoms with E-state index in [4.69, 9.17) is 14.3 Å². The number of nitrogens with zero attached hydrogens (tertiary/aromatic N) is 4. The second-order valence-electron chi connectivity index (χ2n) is 8.76. The average Bonchev–Trinajstić information content (AvgIpc) is 3.46. The molecule has 2 N–H and O–H groups in total. The van der Waals surface area contributed by atoms with Gasteiger partial charge in [0.15, 0.2) is 16.5 Å². The maximum atomic E-state index is 13.3. The standard InChI is InChI=1S/C25H26N6O9S2/c1-3-4-9-40-29-18(16-11-42-25(27-16)26-13-32)21(33)28-19-22(34)30-20(17(38-2)12-41-23(19)30)24(35)39-10-14-5-7-15(8-6-14)31(36)37/h5-8,11,13,19,23H,3-4,9-10,12H2,1-2H3,(H,28,33)(H,26,27,32)/b29-18-/t19?,23-/m1/s1. The minimum absolute atomic E-state index is 0.0838. The summed E-state index contributed by atoms with van der Waals surface area (Å²) in [6.45, 7) is 2.04. The number of oxime groups is 1. The number of non-ortho nitro benzene ring substituents is 1. The summed E-state index contributed by atoms with van der Waals surface area (Å²) in [5.74, 6) is -1.65. The first-order valence-corrected chi connectivity index (χ1v) is 14.5. The summed E-state index contributed by atoms with van der Waals surface area (Å²) < 4.78 is 10.7. The van der Waals surface area contributed by atoms with Crippen LogP contribution < -0.4 is 10.6 Å². The number of amides is 3. The smallest absolute Gasteiger partial charge is 0.358 e. The Morgan fingerprint density at radius 3 is 2.74 bits per heavy atom. The lowest BCUT2D eigenvalue weighted by Gasteiger charge is -2.49. The number of anilines is 1. The molecule has 2 aliphatic rings. The molecule has 42 heavy (non-hydrogen) atoms. The Bertz CT molecular complexity index is 1430. The number of benzene rings is 1. The molecule has 15 nitrogen and oxygen atoms in total. The first kappa shape index (κ1) is 30.4. The van der Waals surface area contributed by atoms with Crippen molar-refractivity contribution in [1.29, 1.82) is 0 Å². The molecule has 1 aromatic heterocycles. The van der Waals surface area contributed by atoms with Gasteiger partial charge in [-0.25, -0.2) is 9.78 Å². The maximum Gasteiger partial charge on any atom is 0.358 e. The van der Waals surface area contributed by atoms with Crippen LogP contribution in [0, 0.1) is 10.1 Å². The number of methoxy groups -OCH3 is 1. The highest BCUT2D eigenvalue weighted by molar-refractivity contribution is 8.00. The number of carbonyl (C=O) groups excluding carboxylic acids is 4. The normalized spacial score (nSPS) is 18.0. The van der Waals surface area contributed by atoms with Crippen LogP contribution in [-0.4, -0.2) is 75.6 Å². The zero-order chi connectivity index (χ0) is 30.2. The van der Waals surface area contributed by atoms with Gasteiger partial charge in [-0.05, 0) is 24.1 Å². The van der Waals surface area contributed by atoms with Gasteiger partial charge in [0.1, 0.15) is 36.1 Å². The van der Waals surface area contributed by atoms with E-state index in [2.05, 4.69) is 20.8 Å². The van der Waals surface area contributed by atoms with Crippen LogP contribution in [-0.2, 0) is 40.1 Å². The predicted molar refractivity (Wildman–Crippen MR) is 151 cm³/mol. The Morgan fingerprint density at radius 1 is 1.31 bits per heavy atom. The van der Waals surface area contributed by atoms with Gasteiger partial charge in [-0.1, -0.05) is 18.5 Å². The van der Waals surface area contributed by atoms with Crippen molar-refractivity contribution >= 4 is 63.8 Å². The number of carbonyl (C=O) groups is 4. The molecule has 0 aliphatic carbocycles. The van der Waals surface area contributed by atoms with Crippen molar-refractivity contribution in [2.45, 2.75) is 37.8 Å². The van der Waals surface area contributed by atoms with Crippen LogP contribution in [0.25, 0.3) is 0 Å². The summed E-state index contributed by atoms with van der Waals surface area (Å²) >= 11 is 2.37. The fourth-order valence-corrected chi connectivity index (χ4v) is 5.87. The monoisotopic (exact) mass is 618 g/mol. The van der Waals surface area contributed by atoms with Crippen LogP contribution in [0.2, 0.25) is 0 Å². The van der Waals surface area contributed by atoms with E-state index in [0.717, 1.165) is 17.8 Å². The van der Waals surface area contributed by atoms with Crippen LogP contribution in [0.3, 0.4) is 0 Å². The molecule has 1 aromatic carbocycles. The lowest BCUT2D eigenvalue weighted by atomic mass is 10.0. The molecular formula is C25H26N6O9S2. The number of thiazole rings is 1. The van der Waals surface area contributed by atoms with Crippen molar-refractivity contribution in [3.05, 3.63) is 62.5 Å². The average molecular weight is 619 g/mol. The van der Waals surface area contributed by atoms with E-state index in [-0.39, 0.29) is 52.6 Å². The van der Waals surface area contributed by atoms with Crippen molar-refractivity contribution in [3.63, 3.8) is 0 Å². The number of esters is 1. The molecule has 3 heterocycles. The highest BCUT2D eigenvalue weighted by Gasteiger charge is 2.55. The van der Waals surface area contributed by atoms with Crippen molar-refractivity contribution in [2.24, 2.45) is 5.16 Å². The lowest BCUT2D eigenvalue weighted by molar-refractivity contribution is -0.384. The Kier molecular flexibility index (Phi) is 10.1. The molecule has 0 bridgehead atoms. The Morgan fingerprint density at radius 2 is 2.07 bits per heavy atom. The topological polar surface area (TPSA) is 192 Å². The number of hydrogen-bond acceptors (Lipinski definition) is 13. The van der Waals surface area contributed by atoms with Gasteiger partial charge in [-0.3, -0.25) is 29.4 Å². The minimum Gasteiger partial charge on any atom is -0.498 e. The molecule has 2 aliphatic heterocycles. The second-order valence-corrected chi connectivity index (χ2v) is 10.7. The fraction of sp³-hybridized carbons (Fsp3) is 0.360. The van der Waals surface area contributed by atoms with Gasteiger partial charge < -0.3 is 24.9 Å². The molecule has 1 saturated heterocycles. The summed E-state index contributed by atoms with van der Waals surface area (Å²) in [4.78, 5) is 71.3. The van der Waals surface area contributed by atoms with E-state index in [1.165, 1.54) is 53.4 Å². The zero-order valence-corrected chi connectivity index (χ0v) is 24.1. The third kappa shape index (κ3) is 6.68. The number of nitrogens with one attached hydrogen (secondary N) is 2.